The van der Waals surface area contributed by atoms with E-state index in [0.29, 0.717) is 12.5 Å². The molecule has 0 N–H and O–H groups in total. The molecule has 0 radical (unpaired) electrons. The second kappa shape index (κ2) is 5.15. The van der Waals surface area contributed by atoms with E-state index in [4.69, 9.17) is 9.73 Å². The van der Waals surface area contributed by atoms with Crippen molar-refractivity contribution in [3.8, 4) is 0 Å². The standard InChI is InChI=1S/C18H26N2O2S/c1-16(2,3)23(21)20-14(13-10-8-7-9-11-13)18(20,6)15-19-17(4,5)12-22-15/h7-11,14H,12H2,1-6H3/t14-,18-,20?,23?/m1/s1. The van der Waals surface area contributed by atoms with Crippen molar-refractivity contribution in [2.45, 2.75) is 63.4 Å². The third kappa shape index (κ3) is 2.74. The van der Waals surface area contributed by atoms with Crippen LogP contribution in [-0.4, -0.2) is 36.8 Å². The summed E-state index contributed by atoms with van der Waals surface area (Å²) in [5.41, 5.74) is 0.508. The molecule has 2 aliphatic heterocycles. The van der Waals surface area contributed by atoms with E-state index >= 15 is 0 Å². The van der Waals surface area contributed by atoms with Crippen LogP contribution < -0.4 is 0 Å². The summed E-state index contributed by atoms with van der Waals surface area (Å²) in [5, 5.41) is 0. The molecule has 0 spiro atoms. The molecule has 1 aromatic rings. The highest BCUT2D eigenvalue weighted by molar-refractivity contribution is 7.84. The highest BCUT2D eigenvalue weighted by Crippen LogP contribution is 2.57. The van der Waals surface area contributed by atoms with Crippen LogP contribution in [0.15, 0.2) is 35.3 Å². The van der Waals surface area contributed by atoms with Gasteiger partial charge in [-0.3, -0.25) is 0 Å². The van der Waals surface area contributed by atoms with Gasteiger partial charge in [0.05, 0.1) is 16.3 Å². The zero-order valence-corrected chi connectivity index (χ0v) is 15.6. The topological polar surface area (TPSA) is 41.7 Å². The number of aliphatic imine (C=N–C) groups is 1. The van der Waals surface area contributed by atoms with Gasteiger partial charge < -0.3 is 4.74 Å². The van der Waals surface area contributed by atoms with Gasteiger partial charge in [0.1, 0.15) is 23.1 Å². The Morgan fingerprint density at radius 1 is 1.22 bits per heavy atom. The molecule has 1 fully saturated rings. The monoisotopic (exact) mass is 334 g/mol. The molecule has 2 unspecified atom stereocenters. The van der Waals surface area contributed by atoms with E-state index in [2.05, 4.69) is 32.9 Å². The minimum absolute atomic E-state index is 0.0383. The van der Waals surface area contributed by atoms with Crippen LogP contribution in [0.3, 0.4) is 0 Å². The summed E-state index contributed by atoms with van der Waals surface area (Å²) >= 11 is 0. The van der Waals surface area contributed by atoms with Crippen molar-refractivity contribution in [1.82, 2.24) is 4.31 Å². The Morgan fingerprint density at radius 2 is 1.83 bits per heavy atom. The first-order valence-corrected chi connectivity index (χ1v) is 9.17. The first-order valence-electron chi connectivity index (χ1n) is 8.07. The Hall–Kier alpha value is -1.20. The van der Waals surface area contributed by atoms with Gasteiger partial charge in [-0.1, -0.05) is 30.3 Å². The molecule has 2 heterocycles. The lowest BCUT2D eigenvalue weighted by atomic mass is 10.0. The van der Waals surface area contributed by atoms with Crippen molar-refractivity contribution in [2.75, 3.05) is 6.61 Å². The molecule has 1 aromatic carbocycles. The lowest BCUT2D eigenvalue weighted by Gasteiger charge is -2.20. The Bertz CT molecular complexity index is 663. The molecule has 0 aromatic heterocycles. The zero-order chi connectivity index (χ0) is 17.0. The van der Waals surface area contributed by atoms with Gasteiger partial charge in [0.25, 0.3) is 0 Å². The normalized spacial score (nSPS) is 33.7. The summed E-state index contributed by atoms with van der Waals surface area (Å²) in [4.78, 5) is 4.76. The van der Waals surface area contributed by atoms with Crippen molar-refractivity contribution in [3.63, 3.8) is 0 Å². The Morgan fingerprint density at radius 3 is 2.30 bits per heavy atom. The first kappa shape index (κ1) is 16.7. The van der Waals surface area contributed by atoms with E-state index in [1.165, 1.54) is 0 Å². The molecular weight excluding hydrogens is 308 g/mol. The summed E-state index contributed by atoms with van der Waals surface area (Å²) < 4.78 is 20.7. The molecule has 5 heteroatoms. The SMILES string of the molecule is CC1(C)COC([C@@]2(C)[C@@H](c3ccccc3)N2S(=O)C(C)(C)C)=N1. The summed E-state index contributed by atoms with van der Waals surface area (Å²) in [6.07, 6.45) is 0. The highest BCUT2D eigenvalue weighted by atomic mass is 32.2. The molecule has 0 aliphatic carbocycles. The largest absolute Gasteiger partial charge is 0.477 e. The van der Waals surface area contributed by atoms with Crippen LogP contribution in [0.25, 0.3) is 0 Å². The number of hydrogen-bond acceptors (Lipinski definition) is 3. The van der Waals surface area contributed by atoms with E-state index in [-0.39, 0.29) is 16.3 Å². The Labute approximate surface area is 141 Å². The maximum Gasteiger partial charge on any atom is 0.207 e. The van der Waals surface area contributed by atoms with Crippen LogP contribution in [0.2, 0.25) is 0 Å². The summed E-state index contributed by atoms with van der Waals surface area (Å²) in [6.45, 7) is 12.8. The highest BCUT2D eigenvalue weighted by Gasteiger charge is 2.69. The molecule has 126 valence electrons. The number of nitrogens with zero attached hydrogens (tertiary/aromatic N) is 2. The lowest BCUT2D eigenvalue weighted by Crippen LogP contribution is -2.34. The predicted octanol–water partition coefficient (Wildman–Crippen LogP) is 3.47. The quantitative estimate of drug-likeness (QED) is 0.794. The minimum Gasteiger partial charge on any atom is -0.477 e. The summed E-state index contributed by atoms with van der Waals surface area (Å²) in [6, 6.07) is 10.3. The molecule has 0 saturated carbocycles. The van der Waals surface area contributed by atoms with Gasteiger partial charge in [0.2, 0.25) is 5.90 Å². The first-order chi connectivity index (χ1) is 10.6. The van der Waals surface area contributed by atoms with E-state index in [1.54, 1.807) is 0 Å². The molecule has 3 rings (SSSR count). The van der Waals surface area contributed by atoms with Crippen molar-refractivity contribution in [2.24, 2.45) is 4.99 Å². The molecule has 4 nitrogen and oxygen atoms in total. The number of benzene rings is 1. The van der Waals surface area contributed by atoms with Crippen LogP contribution >= 0.6 is 0 Å². The molecule has 4 atom stereocenters. The number of rotatable bonds is 3. The molecule has 0 amide bonds. The number of hydrogen-bond donors (Lipinski definition) is 0. The predicted molar refractivity (Wildman–Crippen MR) is 94.8 cm³/mol. The van der Waals surface area contributed by atoms with Crippen LogP contribution in [0, 0.1) is 0 Å². The third-order valence-electron chi connectivity index (χ3n) is 4.37. The molecule has 1 saturated heterocycles. The smallest absolute Gasteiger partial charge is 0.207 e. The van der Waals surface area contributed by atoms with Gasteiger partial charge in [-0.25, -0.2) is 9.20 Å². The second-order valence-electron chi connectivity index (χ2n) is 8.17. The van der Waals surface area contributed by atoms with Crippen LogP contribution in [0.1, 0.15) is 53.1 Å². The number of ether oxygens (including phenoxy) is 1. The second-order valence-corrected chi connectivity index (χ2v) is 10.3. The van der Waals surface area contributed by atoms with Crippen molar-refractivity contribution < 1.29 is 8.95 Å². The van der Waals surface area contributed by atoms with E-state index in [0.717, 1.165) is 5.56 Å². The van der Waals surface area contributed by atoms with Crippen LogP contribution in [0.4, 0.5) is 0 Å². The zero-order valence-electron chi connectivity index (χ0n) is 14.8. The fourth-order valence-corrected chi connectivity index (χ4v) is 4.66. The minimum atomic E-state index is -1.13. The van der Waals surface area contributed by atoms with Gasteiger partial charge >= 0.3 is 0 Å². The van der Waals surface area contributed by atoms with Crippen molar-refractivity contribution in [1.29, 1.82) is 0 Å². The summed E-state index contributed by atoms with van der Waals surface area (Å²) in [7, 11) is -1.13. The van der Waals surface area contributed by atoms with E-state index in [1.807, 2.05) is 43.3 Å². The fraction of sp³-hybridized carbons (Fsp3) is 0.611. The Kier molecular flexibility index (Phi) is 3.73. The van der Waals surface area contributed by atoms with E-state index in [9.17, 15) is 4.21 Å². The maximum atomic E-state index is 13.1. The maximum absolute atomic E-state index is 13.1. The molecule has 0 bridgehead atoms. The third-order valence-corrected chi connectivity index (χ3v) is 6.37. The molecular formula is C18H26N2O2S. The average molecular weight is 334 g/mol. The molecule has 23 heavy (non-hydrogen) atoms. The Balaban J connectivity index is 2.01. The molecule has 2 aliphatic rings. The van der Waals surface area contributed by atoms with Gasteiger partial charge in [0.15, 0.2) is 0 Å². The fourth-order valence-electron chi connectivity index (χ4n) is 3.07. The van der Waals surface area contributed by atoms with Gasteiger partial charge in [-0.2, -0.15) is 4.31 Å². The average Bonchev–Trinajstić information content (AvgIpc) is 2.92. The summed E-state index contributed by atoms with van der Waals surface area (Å²) in [5.74, 6) is 0.717. The van der Waals surface area contributed by atoms with Crippen LogP contribution in [0.5, 0.6) is 0 Å². The van der Waals surface area contributed by atoms with Crippen LogP contribution in [-0.2, 0) is 15.7 Å². The lowest BCUT2D eigenvalue weighted by molar-refractivity contribution is 0.267. The van der Waals surface area contributed by atoms with Crippen molar-refractivity contribution >= 4 is 16.9 Å². The van der Waals surface area contributed by atoms with Crippen molar-refractivity contribution in [3.05, 3.63) is 35.9 Å². The van der Waals surface area contributed by atoms with E-state index < -0.39 is 16.5 Å². The van der Waals surface area contributed by atoms with Gasteiger partial charge in [0, 0.05) is 0 Å². The van der Waals surface area contributed by atoms with Gasteiger partial charge in [-0.05, 0) is 47.1 Å². The van der Waals surface area contributed by atoms with Gasteiger partial charge in [-0.15, -0.1) is 0 Å².